The minimum Gasteiger partial charge on any atom is -0.309 e. The summed E-state index contributed by atoms with van der Waals surface area (Å²) in [7, 11) is -3.16. The van der Waals surface area contributed by atoms with E-state index < -0.39 is 8.07 Å². The predicted molar refractivity (Wildman–Crippen MR) is 299 cm³/mol. The van der Waals surface area contributed by atoms with E-state index >= 15 is 0 Å². The predicted octanol–water partition coefficient (Wildman–Crippen LogP) is 14.0. The Bertz CT molecular complexity index is 4110. The largest absolute Gasteiger partial charge is 0.309 e. The third kappa shape index (κ3) is 5.94. The molecule has 0 unspecified atom stereocenters. The molecule has 0 atom stereocenters. The molecule has 0 saturated heterocycles. The molecule has 70 heavy (non-hydrogen) atoms. The summed E-state index contributed by atoms with van der Waals surface area (Å²) in [6, 6.07) is 102. The van der Waals surface area contributed by atoms with Crippen LogP contribution in [0.4, 0.5) is 0 Å². The van der Waals surface area contributed by atoms with Crippen molar-refractivity contribution >= 4 is 94.2 Å². The number of para-hydroxylation sites is 5. The second-order valence-electron chi connectivity index (χ2n) is 18.4. The summed E-state index contributed by atoms with van der Waals surface area (Å²) in [5.41, 5.74) is 12.8. The molecule has 0 fully saturated rings. The van der Waals surface area contributed by atoms with Crippen molar-refractivity contribution < 1.29 is 0 Å². The number of hydrogen-bond donors (Lipinski definition) is 0. The molecule has 14 aromatic rings. The first kappa shape index (κ1) is 40.1. The van der Waals surface area contributed by atoms with Crippen LogP contribution in [0.1, 0.15) is 0 Å². The van der Waals surface area contributed by atoms with E-state index in [4.69, 9.17) is 0 Å². The lowest BCUT2D eigenvalue weighted by Gasteiger charge is -2.35. The van der Waals surface area contributed by atoms with Crippen LogP contribution in [0.25, 0.3) is 93.6 Å². The van der Waals surface area contributed by atoms with Gasteiger partial charge in [0.15, 0.2) is 8.07 Å². The molecule has 0 saturated carbocycles. The lowest BCUT2D eigenvalue weighted by molar-refractivity contribution is 1.13. The Kier molecular flexibility index (Phi) is 9.23. The highest BCUT2D eigenvalue weighted by Gasteiger charge is 2.44. The molecule has 328 valence electrons. The molecule has 0 spiro atoms. The molecular formula is C66H45N3Si. The van der Waals surface area contributed by atoms with Crippen LogP contribution in [0.2, 0.25) is 0 Å². The maximum atomic E-state index is 2.59. The van der Waals surface area contributed by atoms with Gasteiger partial charge in [-0.05, 0) is 86.5 Å². The van der Waals surface area contributed by atoms with Crippen LogP contribution in [0, 0.1) is 0 Å². The van der Waals surface area contributed by atoms with Gasteiger partial charge in [-0.1, -0.05) is 218 Å². The summed E-state index contributed by atoms with van der Waals surface area (Å²) in [5.74, 6) is 0. The summed E-state index contributed by atoms with van der Waals surface area (Å²) in [6.45, 7) is 0. The Labute approximate surface area is 407 Å². The third-order valence-electron chi connectivity index (χ3n) is 14.8. The Morgan fingerprint density at radius 1 is 0.257 bits per heavy atom. The molecule has 0 amide bonds. The van der Waals surface area contributed by atoms with Gasteiger partial charge in [0, 0.05) is 43.7 Å². The first-order valence-corrected chi connectivity index (χ1v) is 26.2. The highest BCUT2D eigenvalue weighted by Crippen LogP contribution is 2.42. The molecule has 3 nitrogen and oxygen atoms in total. The lowest BCUT2D eigenvalue weighted by Crippen LogP contribution is -2.74. The Balaban J connectivity index is 1.18. The second-order valence-corrected chi connectivity index (χ2v) is 22.2. The van der Waals surface area contributed by atoms with Crippen LogP contribution in [0.15, 0.2) is 273 Å². The molecule has 3 aromatic heterocycles. The van der Waals surface area contributed by atoms with E-state index in [0.29, 0.717) is 0 Å². The van der Waals surface area contributed by atoms with Gasteiger partial charge in [-0.2, -0.15) is 0 Å². The first-order chi connectivity index (χ1) is 34.8. The van der Waals surface area contributed by atoms with Crippen LogP contribution < -0.4 is 20.7 Å². The molecule has 0 aliphatic carbocycles. The van der Waals surface area contributed by atoms with E-state index in [0.717, 1.165) is 17.1 Å². The quantitative estimate of drug-likeness (QED) is 0.107. The Morgan fingerprint density at radius 3 is 1.21 bits per heavy atom. The minimum atomic E-state index is -3.16. The van der Waals surface area contributed by atoms with Crippen molar-refractivity contribution in [2.45, 2.75) is 0 Å². The average Bonchev–Trinajstić information content (AvgIpc) is 4.08. The van der Waals surface area contributed by atoms with Gasteiger partial charge in [0.05, 0.1) is 38.8 Å². The number of rotatable bonds is 8. The number of benzene rings is 11. The highest BCUT2D eigenvalue weighted by molar-refractivity contribution is 7.20. The van der Waals surface area contributed by atoms with Crippen molar-refractivity contribution in [1.82, 2.24) is 13.7 Å². The number of aromatic nitrogens is 3. The fourth-order valence-corrected chi connectivity index (χ4v) is 16.9. The fraction of sp³-hybridized carbons (Fsp3) is 0. The zero-order chi connectivity index (χ0) is 46.2. The molecule has 0 bridgehead atoms. The Morgan fingerprint density at radius 2 is 0.671 bits per heavy atom. The van der Waals surface area contributed by atoms with Crippen LogP contribution in [-0.2, 0) is 0 Å². The number of hydrogen-bond acceptors (Lipinski definition) is 0. The van der Waals surface area contributed by atoms with Gasteiger partial charge in [0.2, 0.25) is 0 Å². The first-order valence-electron chi connectivity index (χ1n) is 24.2. The van der Waals surface area contributed by atoms with Crippen LogP contribution >= 0.6 is 0 Å². The maximum absolute atomic E-state index is 3.16. The lowest BCUT2D eigenvalue weighted by atomic mass is 10.1. The van der Waals surface area contributed by atoms with Crippen molar-refractivity contribution in [2.75, 3.05) is 0 Å². The highest BCUT2D eigenvalue weighted by atomic mass is 28.3. The van der Waals surface area contributed by atoms with Crippen LogP contribution in [0.3, 0.4) is 0 Å². The van der Waals surface area contributed by atoms with E-state index in [9.17, 15) is 0 Å². The van der Waals surface area contributed by atoms with Crippen molar-refractivity contribution in [2.24, 2.45) is 0 Å². The fourth-order valence-electron chi connectivity index (χ4n) is 11.9. The average molecular weight is 908 g/mol. The minimum absolute atomic E-state index is 1.12. The molecule has 3 heterocycles. The summed E-state index contributed by atoms with van der Waals surface area (Å²) < 4.78 is 7.59. The molecule has 14 rings (SSSR count). The topological polar surface area (TPSA) is 14.8 Å². The van der Waals surface area contributed by atoms with E-state index in [1.807, 2.05) is 0 Å². The van der Waals surface area contributed by atoms with Crippen molar-refractivity contribution in [1.29, 1.82) is 0 Å². The van der Waals surface area contributed by atoms with Gasteiger partial charge < -0.3 is 13.7 Å². The molecule has 0 radical (unpaired) electrons. The molecule has 0 aliphatic heterocycles. The molecule has 0 N–H and O–H groups in total. The molecule has 11 aromatic carbocycles. The van der Waals surface area contributed by atoms with E-state index in [1.165, 1.54) is 97.3 Å². The van der Waals surface area contributed by atoms with Gasteiger partial charge in [-0.3, -0.25) is 0 Å². The SMILES string of the molecule is c1ccc(-c2ccc(-n3c4ccccc4c4cccc(-n5c6ccccc6c6c([Si](c7ccccc7)(c7ccccc7)c7ccccc7)cc(-n7c8ccccc8c8ccccc87)cc65)c43)cc2)cc1. The normalized spacial score (nSPS) is 12.0. The zero-order valence-electron chi connectivity index (χ0n) is 38.3. The van der Waals surface area contributed by atoms with Gasteiger partial charge in [0.25, 0.3) is 0 Å². The monoisotopic (exact) mass is 907 g/mol. The molecular weight excluding hydrogens is 863 g/mol. The summed E-state index contributed by atoms with van der Waals surface area (Å²) in [6.07, 6.45) is 0. The standard InChI is InChI=1S/C66H45N3Si/c1-5-22-46(23-6-1)47-40-42-48(43-41-47)68-60-37-19-15-32-55(60)56-34-21-39-62(66(56)68)69-61-38-20-16-33-57(61)65-63(69)44-49(67-58-35-17-13-30-53(58)54-31-14-18-36-59(54)67)45-64(65)70(50-24-7-2-8-25-50,51-26-9-3-10-27-51)52-28-11-4-12-29-52/h1-45H. The van der Waals surface area contributed by atoms with Crippen molar-refractivity contribution in [3.8, 4) is 28.2 Å². The summed E-state index contributed by atoms with van der Waals surface area (Å²) in [4.78, 5) is 0. The number of nitrogens with zero attached hydrogens (tertiary/aromatic N) is 3. The molecule has 0 aliphatic rings. The van der Waals surface area contributed by atoms with Gasteiger partial charge in [0.1, 0.15) is 0 Å². The smallest absolute Gasteiger partial charge is 0.180 e. The van der Waals surface area contributed by atoms with E-state index in [2.05, 4.69) is 287 Å². The Hall–Kier alpha value is -8.96. The van der Waals surface area contributed by atoms with E-state index in [-0.39, 0.29) is 0 Å². The van der Waals surface area contributed by atoms with Crippen LogP contribution in [0.5, 0.6) is 0 Å². The van der Waals surface area contributed by atoms with Crippen LogP contribution in [-0.4, -0.2) is 21.8 Å². The zero-order valence-corrected chi connectivity index (χ0v) is 39.3. The third-order valence-corrected chi connectivity index (χ3v) is 19.6. The van der Waals surface area contributed by atoms with Crippen molar-refractivity contribution in [3.63, 3.8) is 0 Å². The molecule has 4 heteroatoms. The van der Waals surface area contributed by atoms with Gasteiger partial charge in [-0.25, -0.2) is 0 Å². The van der Waals surface area contributed by atoms with Gasteiger partial charge >= 0.3 is 0 Å². The van der Waals surface area contributed by atoms with Crippen molar-refractivity contribution in [3.05, 3.63) is 273 Å². The maximum Gasteiger partial charge on any atom is 0.180 e. The summed E-state index contributed by atoms with van der Waals surface area (Å²) in [5, 5.41) is 12.8. The summed E-state index contributed by atoms with van der Waals surface area (Å²) >= 11 is 0. The second kappa shape index (κ2) is 16.1. The van der Waals surface area contributed by atoms with E-state index in [1.54, 1.807) is 0 Å². The van der Waals surface area contributed by atoms with Gasteiger partial charge in [-0.15, -0.1) is 0 Å². The number of fused-ring (bicyclic) bond motifs is 9.